The highest BCUT2D eigenvalue weighted by molar-refractivity contribution is 5.84. The molecule has 0 radical (unpaired) electrons. The molecule has 210 valence electrons. The van der Waals surface area contributed by atoms with Crippen LogP contribution in [0, 0.1) is 46.3 Å². The molecule has 5 rings (SSSR count). The van der Waals surface area contributed by atoms with Gasteiger partial charge >= 0.3 is 6.09 Å². The molecule has 4 heteroatoms. The van der Waals surface area contributed by atoms with E-state index in [9.17, 15) is 9.90 Å². The van der Waals surface area contributed by atoms with Gasteiger partial charge in [0.2, 0.25) is 0 Å². The van der Waals surface area contributed by atoms with E-state index in [1.165, 1.54) is 51.4 Å². The van der Waals surface area contributed by atoms with Crippen LogP contribution in [0.15, 0.2) is 35.9 Å². The summed E-state index contributed by atoms with van der Waals surface area (Å²) in [7, 11) is 0. The van der Waals surface area contributed by atoms with Crippen molar-refractivity contribution >= 4 is 11.8 Å². The van der Waals surface area contributed by atoms with Gasteiger partial charge < -0.3 is 9.84 Å². The normalized spacial score (nSPS) is 37.0. The number of amides is 1. The number of hydrogen-bond donors (Lipinski definition) is 2. The van der Waals surface area contributed by atoms with Crippen LogP contribution < -0.4 is 5.32 Å². The first kappa shape index (κ1) is 27.6. The van der Waals surface area contributed by atoms with Gasteiger partial charge in [-0.15, -0.1) is 0 Å². The molecule has 2 N–H and O–H groups in total. The van der Waals surface area contributed by atoms with Gasteiger partial charge in [-0.25, -0.2) is 4.79 Å². The number of fused-ring (bicyclic) bond motifs is 5. The number of rotatable bonds is 7. The number of carbonyl (C=O) groups is 1. The second kappa shape index (κ2) is 10.9. The maximum atomic E-state index is 12.6. The molecule has 38 heavy (non-hydrogen) atoms. The molecule has 3 fully saturated rings. The zero-order valence-electron chi connectivity index (χ0n) is 24.5. The molecule has 0 saturated heterocycles. The number of allylic oxidation sites excluding steroid dienone is 1. The van der Waals surface area contributed by atoms with E-state index in [0.29, 0.717) is 11.1 Å². The summed E-state index contributed by atoms with van der Waals surface area (Å²) < 4.78 is 5.87. The zero-order valence-corrected chi connectivity index (χ0v) is 24.5. The first-order valence-electron chi connectivity index (χ1n) is 15.6. The van der Waals surface area contributed by atoms with Crippen molar-refractivity contribution in [2.75, 3.05) is 5.32 Å². The number of carbonyl (C=O) groups excluding carboxylic acids is 1. The van der Waals surface area contributed by atoms with E-state index >= 15 is 0 Å². The summed E-state index contributed by atoms with van der Waals surface area (Å²) in [6.45, 7) is 12.5. The Morgan fingerprint density at radius 2 is 1.79 bits per heavy atom. The third kappa shape index (κ3) is 5.26. The molecule has 1 aromatic carbocycles. The van der Waals surface area contributed by atoms with Gasteiger partial charge in [0.25, 0.3) is 0 Å². The number of hydrogen-bond acceptors (Lipinski definition) is 3. The summed E-state index contributed by atoms with van der Waals surface area (Å²) in [4.78, 5) is 12.6. The molecule has 4 aliphatic rings. The summed E-state index contributed by atoms with van der Waals surface area (Å²) >= 11 is 0. The van der Waals surface area contributed by atoms with Crippen molar-refractivity contribution in [1.29, 1.82) is 0 Å². The van der Waals surface area contributed by atoms with E-state index in [-0.39, 0.29) is 17.3 Å². The lowest BCUT2D eigenvalue weighted by Crippen LogP contribution is -2.51. The highest BCUT2D eigenvalue weighted by atomic mass is 16.6. The van der Waals surface area contributed by atoms with E-state index in [2.05, 4.69) is 46.0 Å². The Labute approximate surface area is 231 Å². The second-order valence-corrected chi connectivity index (χ2v) is 14.2. The maximum Gasteiger partial charge on any atom is 0.411 e. The summed E-state index contributed by atoms with van der Waals surface area (Å²) in [6.07, 6.45) is 16.1. The Balaban J connectivity index is 1.21. The van der Waals surface area contributed by atoms with Crippen LogP contribution in [0.4, 0.5) is 10.5 Å². The number of anilines is 1. The van der Waals surface area contributed by atoms with Gasteiger partial charge in [-0.05, 0) is 116 Å². The minimum atomic E-state index is -0.397. The quantitative estimate of drug-likeness (QED) is 0.277. The van der Waals surface area contributed by atoms with E-state index in [0.717, 1.165) is 54.8 Å². The van der Waals surface area contributed by atoms with Crippen molar-refractivity contribution < 1.29 is 14.6 Å². The van der Waals surface area contributed by atoms with Gasteiger partial charge in [0.15, 0.2) is 0 Å². The van der Waals surface area contributed by atoms with Gasteiger partial charge in [0.05, 0.1) is 0 Å². The van der Waals surface area contributed by atoms with Crippen LogP contribution in [0.2, 0.25) is 0 Å². The average molecular weight is 522 g/mol. The van der Waals surface area contributed by atoms with Crippen LogP contribution in [-0.2, 0) is 4.74 Å². The van der Waals surface area contributed by atoms with Crippen molar-refractivity contribution in [3.05, 3.63) is 35.9 Å². The summed E-state index contributed by atoms with van der Waals surface area (Å²) in [6, 6.07) is 6.52. The Morgan fingerprint density at radius 3 is 2.53 bits per heavy atom. The molecule has 3 saturated carbocycles. The summed E-state index contributed by atoms with van der Waals surface area (Å²) in [5, 5.41) is 12.3. The molecule has 4 nitrogen and oxygen atoms in total. The predicted octanol–water partition coefficient (Wildman–Crippen LogP) is 9.35. The lowest BCUT2D eigenvalue weighted by molar-refractivity contribution is -0.0577. The van der Waals surface area contributed by atoms with E-state index in [1.807, 2.05) is 0 Å². The fraction of sp³-hybridized carbons (Fsp3) is 0.735. The summed E-state index contributed by atoms with van der Waals surface area (Å²) in [5.74, 6) is 5.24. The zero-order chi connectivity index (χ0) is 27.1. The number of nitrogens with one attached hydrogen (secondary N) is 1. The fourth-order valence-electron chi connectivity index (χ4n) is 9.60. The lowest BCUT2D eigenvalue weighted by Gasteiger charge is -2.58. The van der Waals surface area contributed by atoms with E-state index in [4.69, 9.17) is 4.74 Å². The van der Waals surface area contributed by atoms with Gasteiger partial charge in [-0.1, -0.05) is 65.5 Å². The molecule has 0 aliphatic heterocycles. The molecule has 5 unspecified atom stereocenters. The molecule has 8 atom stereocenters. The third-order valence-corrected chi connectivity index (χ3v) is 11.6. The number of aromatic hydroxyl groups is 1. The Kier molecular flexibility index (Phi) is 7.91. The fourth-order valence-corrected chi connectivity index (χ4v) is 9.60. The number of phenols is 1. The standard InChI is InChI=1S/C34H51NO3/c1-22(2)7-6-8-23(3)29-15-16-30-28-14-9-24-21-27(38-32(37)35-25-10-12-26(36)13-11-25)17-19-33(24,4)31(28)18-20-34(29,30)5/h9-13,22-23,27-31,36H,6-8,14-21H2,1-5H3,(H,35,37)/t23?,27-,28?,29?,30?,31?,33-,34+/m0/s1. The molecule has 0 spiro atoms. The van der Waals surface area contributed by atoms with Crippen LogP contribution in [-0.4, -0.2) is 17.3 Å². The molecule has 1 amide bonds. The van der Waals surface area contributed by atoms with Crippen LogP contribution in [0.5, 0.6) is 5.75 Å². The van der Waals surface area contributed by atoms with Gasteiger partial charge in [-0.2, -0.15) is 0 Å². The number of benzene rings is 1. The monoisotopic (exact) mass is 521 g/mol. The second-order valence-electron chi connectivity index (χ2n) is 14.2. The molecule has 0 bridgehead atoms. The van der Waals surface area contributed by atoms with Crippen molar-refractivity contribution in [2.45, 2.75) is 111 Å². The van der Waals surface area contributed by atoms with Crippen molar-refractivity contribution in [3.8, 4) is 5.75 Å². The molecule has 0 heterocycles. The molecule has 1 aromatic rings. The van der Waals surface area contributed by atoms with Crippen molar-refractivity contribution in [2.24, 2.45) is 46.3 Å². The first-order chi connectivity index (χ1) is 18.1. The maximum absolute atomic E-state index is 12.6. The Bertz CT molecular complexity index is 1020. The first-order valence-corrected chi connectivity index (χ1v) is 15.6. The van der Waals surface area contributed by atoms with E-state index < -0.39 is 6.09 Å². The Morgan fingerprint density at radius 1 is 1.03 bits per heavy atom. The molecule has 0 aromatic heterocycles. The number of phenolic OH excluding ortho intramolecular Hbond substituents is 1. The number of ether oxygens (including phenoxy) is 1. The smallest absolute Gasteiger partial charge is 0.411 e. The highest BCUT2D eigenvalue weighted by Crippen LogP contribution is 2.67. The van der Waals surface area contributed by atoms with Gasteiger partial charge in [0.1, 0.15) is 11.9 Å². The molecule has 4 aliphatic carbocycles. The van der Waals surface area contributed by atoms with Crippen molar-refractivity contribution in [1.82, 2.24) is 0 Å². The van der Waals surface area contributed by atoms with E-state index in [1.54, 1.807) is 29.8 Å². The van der Waals surface area contributed by atoms with Gasteiger partial charge in [0, 0.05) is 12.1 Å². The molecular weight excluding hydrogens is 470 g/mol. The van der Waals surface area contributed by atoms with Crippen LogP contribution in [0.25, 0.3) is 0 Å². The van der Waals surface area contributed by atoms with Gasteiger partial charge in [-0.3, -0.25) is 5.32 Å². The Hall–Kier alpha value is -1.97. The van der Waals surface area contributed by atoms with Crippen LogP contribution in [0.1, 0.15) is 105 Å². The highest BCUT2D eigenvalue weighted by Gasteiger charge is 2.59. The SMILES string of the molecule is CC(C)CCCC(C)C1CCC2C3CC=C4C[C@@H](OC(=O)Nc5ccc(O)cc5)CC[C@]4(C)C3CC[C@]12C. The minimum absolute atomic E-state index is 0.0561. The average Bonchev–Trinajstić information content (AvgIpc) is 3.23. The van der Waals surface area contributed by atoms with Crippen LogP contribution >= 0.6 is 0 Å². The summed E-state index contributed by atoms with van der Waals surface area (Å²) in [5.41, 5.74) is 2.97. The molecular formula is C34H51NO3. The van der Waals surface area contributed by atoms with Crippen molar-refractivity contribution in [3.63, 3.8) is 0 Å². The lowest BCUT2D eigenvalue weighted by atomic mass is 9.47. The largest absolute Gasteiger partial charge is 0.508 e. The minimum Gasteiger partial charge on any atom is -0.508 e. The third-order valence-electron chi connectivity index (χ3n) is 11.6. The predicted molar refractivity (Wildman–Crippen MR) is 155 cm³/mol. The topological polar surface area (TPSA) is 58.6 Å². The van der Waals surface area contributed by atoms with Crippen LogP contribution in [0.3, 0.4) is 0 Å².